The Morgan fingerprint density at radius 2 is 2.30 bits per heavy atom. The number of rotatable bonds is 5. The van der Waals surface area contributed by atoms with Crippen molar-refractivity contribution in [2.75, 3.05) is 25.9 Å². The summed E-state index contributed by atoms with van der Waals surface area (Å²) in [6, 6.07) is 2.39. The highest BCUT2D eigenvalue weighted by Crippen LogP contribution is 2.24. The predicted molar refractivity (Wildman–Crippen MR) is 113 cm³/mol. The molecule has 3 atom stereocenters. The lowest BCUT2D eigenvalue weighted by Gasteiger charge is -2.30. The van der Waals surface area contributed by atoms with Gasteiger partial charge in [0.05, 0.1) is 6.54 Å². The number of guanidine groups is 1. The zero-order chi connectivity index (χ0) is 19.2. The molecule has 0 aromatic carbocycles. The summed E-state index contributed by atoms with van der Waals surface area (Å²) >= 11 is 1.78. The number of hydrogen-bond donors (Lipinski definition) is 2. The summed E-state index contributed by atoms with van der Waals surface area (Å²) in [5.41, 5.74) is 1.28. The largest absolute Gasteiger partial charge is 0.354 e. The topological polar surface area (TPSA) is 73.8 Å². The number of hydrogen-bond acceptors (Lipinski definition) is 4. The zero-order valence-corrected chi connectivity index (χ0v) is 17.8. The Labute approximate surface area is 168 Å². The Balaban J connectivity index is 1.46. The first kappa shape index (κ1) is 20.3. The van der Waals surface area contributed by atoms with E-state index in [1.54, 1.807) is 18.4 Å². The fourth-order valence-electron chi connectivity index (χ4n) is 3.87. The molecule has 0 bridgehead atoms. The van der Waals surface area contributed by atoms with Gasteiger partial charge in [-0.1, -0.05) is 13.3 Å². The molecule has 3 rings (SSSR count). The second-order valence-electron chi connectivity index (χ2n) is 7.16. The third kappa shape index (κ3) is 5.31. The van der Waals surface area contributed by atoms with Crippen molar-refractivity contribution in [1.29, 1.82) is 0 Å². The molecule has 1 amide bonds. The first-order chi connectivity index (χ1) is 13.1. The summed E-state index contributed by atoms with van der Waals surface area (Å²) in [6.45, 7) is 3.72. The average Bonchev–Trinajstić information content (AvgIpc) is 3.18. The van der Waals surface area contributed by atoms with Crippen LogP contribution in [0.3, 0.4) is 0 Å². The van der Waals surface area contributed by atoms with E-state index in [2.05, 4.69) is 27.1 Å². The SMILES string of the molecule is CCS(=O)C1CCCC(NC(=NC)NCC(=O)N2CCc3sccc3C2)C1. The first-order valence-corrected chi connectivity index (χ1v) is 12.0. The van der Waals surface area contributed by atoms with Crippen LogP contribution in [0, 0.1) is 0 Å². The lowest BCUT2D eigenvalue weighted by molar-refractivity contribution is -0.130. The maximum atomic E-state index is 12.6. The van der Waals surface area contributed by atoms with Crippen LogP contribution >= 0.6 is 11.3 Å². The minimum absolute atomic E-state index is 0.100. The van der Waals surface area contributed by atoms with Crippen molar-refractivity contribution in [3.63, 3.8) is 0 Å². The average molecular weight is 411 g/mol. The van der Waals surface area contributed by atoms with Crippen molar-refractivity contribution in [2.24, 2.45) is 4.99 Å². The molecule has 1 aliphatic carbocycles. The van der Waals surface area contributed by atoms with Gasteiger partial charge in [-0.25, -0.2) is 0 Å². The van der Waals surface area contributed by atoms with Gasteiger partial charge < -0.3 is 15.5 Å². The molecule has 1 aromatic heterocycles. The molecular weight excluding hydrogens is 380 g/mol. The molecule has 1 saturated carbocycles. The second-order valence-corrected chi connectivity index (χ2v) is 10.2. The summed E-state index contributed by atoms with van der Waals surface area (Å²) in [4.78, 5) is 20.1. The Kier molecular flexibility index (Phi) is 7.29. The molecule has 2 heterocycles. The van der Waals surface area contributed by atoms with Crippen LogP contribution in [0.25, 0.3) is 0 Å². The predicted octanol–water partition coefficient (Wildman–Crippen LogP) is 1.88. The van der Waals surface area contributed by atoms with Gasteiger partial charge in [-0.2, -0.15) is 0 Å². The highest BCUT2D eigenvalue weighted by molar-refractivity contribution is 7.85. The van der Waals surface area contributed by atoms with Gasteiger partial charge in [-0.05, 0) is 42.7 Å². The van der Waals surface area contributed by atoms with Crippen LogP contribution in [0.5, 0.6) is 0 Å². The van der Waals surface area contributed by atoms with Crippen LogP contribution in [0.15, 0.2) is 16.4 Å². The molecule has 0 spiro atoms. The number of carbonyl (C=O) groups is 1. The number of fused-ring (bicyclic) bond motifs is 1. The number of nitrogens with one attached hydrogen (secondary N) is 2. The highest BCUT2D eigenvalue weighted by atomic mass is 32.2. The van der Waals surface area contributed by atoms with Crippen LogP contribution in [0.1, 0.15) is 43.0 Å². The van der Waals surface area contributed by atoms with E-state index < -0.39 is 10.8 Å². The van der Waals surface area contributed by atoms with E-state index in [4.69, 9.17) is 0 Å². The van der Waals surface area contributed by atoms with Gasteiger partial charge in [0, 0.05) is 52.9 Å². The van der Waals surface area contributed by atoms with Crippen LogP contribution in [-0.2, 0) is 28.6 Å². The Hall–Kier alpha value is -1.41. The zero-order valence-electron chi connectivity index (χ0n) is 16.2. The summed E-state index contributed by atoms with van der Waals surface area (Å²) in [5.74, 6) is 1.48. The Morgan fingerprint density at radius 3 is 3.07 bits per heavy atom. The molecule has 0 saturated heterocycles. The summed E-state index contributed by atoms with van der Waals surface area (Å²) in [5, 5.41) is 8.96. The van der Waals surface area contributed by atoms with E-state index >= 15 is 0 Å². The molecule has 1 aromatic rings. The van der Waals surface area contributed by atoms with Crippen molar-refractivity contribution >= 4 is 34.0 Å². The molecule has 1 fully saturated rings. The van der Waals surface area contributed by atoms with E-state index in [1.807, 2.05) is 11.8 Å². The fourth-order valence-corrected chi connectivity index (χ4v) is 6.11. The van der Waals surface area contributed by atoms with E-state index in [-0.39, 0.29) is 23.7 Å². The minimum atomic E-state index is -0.740. The molecule has 2 N–H and O–H groups in total. The maximum Gasteiger partial charge on any atom is 0.242 e. The fraction of sp³-hybridized carbons (Fsp3) is 0.684. The Bertz CT molecular complexity index is 704. The van der Waals surface area contributed by atoms with Crippen LogP contribution in [-0.4, -0.2) is 58.2 Å². The molecule has 8 heteroatoms. The number of carbonyl (C=O) groups excluding carboxylic acids is 1. The van der Waals surface area contributed by atoms with Crippen LogP contribution in [0.2, 0.25) is 0 Å². The van der Waals surface area contributed by atoms with Gasteiger partial charge in [0.25, 0.3) is 0 Å². The van der Waals surface area contributed by atoms with Crippen molar-refractivity contribution in [3.8, 4) is 0 Å². The van der Waals surface area contributed by atoms with Crippen LogP contribution in [0.4, 0.5) is 0 Å². The number of nitrogens with zero attached hydrogens (tertiary/aromatic N) is 2. The molecule has 0 radical (unpaired) electrons. The monoisotopic (exact) mass is 410 g/mol. The number of thiophene rings is 1. The van der Waals surface area contributed by atoms with Crippen molar-refractivity contribution < 1.29 is 9.00 Å². The molecular formula is C19H30N4O2S2. The normalized spacial score (nSPS) is 24.2. The van der Waals surface area contributed by atoms with Gasteiger partial charge in [-0.3, -0.25) is 14.0 Å². The quantitative estimate of drug-likeness (QED) is 0.574. The van der Waals surface area contributed by atoms with E-state index in [9.17, 15) is 9.00 Å². The standard InChI is InChI=1S/C19H30N4O2S2/c1-3-27(25)16-6-4-5-15(11-16)22-19(20-2)21-12-18(24)23-9-7-17-14(13-23)8-10-26-17/h8,10,15-16H,3-7,9,11-13H2,1-2H3,(H2,20,21,22). The van der Waals surface area contributed by atoms with E-state index in [0.29, 0.717) is 12.5 Å². The van der Waals surface area contributed by atoms with E-state index in [0.717, 1.165) is 44.4 Å². The summed E-state index contributed by atoms with van der Waals surface area (Å²) in [6.07, 6.45) is 5.04. The number of aliphatic imine (C=N–C) groups is 1. The maximum absolute atomic E-state index is 12.6. The summed E-state index contributed by atoms with van der Waals surface area (Å²) in [7, 11) is 0.985. The van der Waals surface area contributed by atoms with Crippen molar-refractivity contribution in [2.45, 2.75) is 56.9 Å². The molecule has 1 aliphatic heterocycles. The molecule has 3 unspecified atom stereocenters. The highest BCUT2D eigenvalue weighted by Gasteiger charge is 2.26. The second kappa shape index (κ2) is 9.68. The minimum Gasteiger partial charge on any atom is -0.354 e. The van der Waals surface area contributed by atoms with Gasteiger partial charge in [0.15, 0.2) is 5.96 Å². The van der Waals surface area contributed by atoms with Gasteiger partial charge >= 0.3 is 0 Å². The van der Waals surface area contributed by atoms with E-state index in [1.165, 1.54) is 10.4 Å². The van der Waals surface area contributed by atoms with Gasteiger partial charge in [-0.15, -0.1) is 11.3 Å². The lowest BCUT2D eigenvalue weighted by atomic mass is 9.95. The Morgan fingerprint density at radius 1 is 1.44 bits per heavy atom. The lowest BCUT2D eigenvalue weighted by Crippen LogP contribution is -2.49. The molecule has 2 aliphatic rings. The molecule has 27 heavy (non-hydrogen) atoms. The number of amides is 1. The third-order valence-electron chi connectivity index (χ3n) is 5.41. The molecule has 150 valence electrons. The van der Waals surface area contributed by atoms with Crippen LogP contribution < -0.4 is 10.6 Å². The third-order valence-corrected chi connectivity index (χ3v) is 8.18. The van der Waals surface area contributed by atoms with Crippen molar-refractivity contribution in [1.82, 2.24) is 15.5 Å². The summed E-state index contributed by atoms with van der Waals surface area (Å²) < 4.78 is 12.1. The van der Waals surface area contributed by atoms with Gasteiger partial charge in [0.1, 0.15) is 0 Å². The van der Waals surface area contributed by atoms with Gasteiger partial charge in [0.2, 0.25) is 5.91 Å². The molecule has 6 nitrogen and oxygen atoms in total. The van der Waals surface area contributed by atoms with Crippen molar-refractivity contribution in [3.05, 3.63) is 21.9 Å². The first-order valence-electron chi connectivity index (χ1n) is 9.78. The smallest absolute Gasteiger partial charge is 0.242 e.